The first kappa shape index (κ1) is 21.4. The third kappa shape index (κ3) is 6.35. The van der Waals surface area contributed by atoms with Crippen LogP contribution in [0.25, 0.3) is 0 Å². The number of carbonyl (C=O) groups is 1. The quantitative estimate of drug-likeness (QED) is 0.372. The van der Waals surface area contributed by atoms with Gasteiger partial charge < -0.3 is 14.6 Å². The van der Waals surface area contributed by atoms with Crippen LogP contribution in [0.1, 0.15) is 18.1 Å². The maximum Gasteiger partial charge on any atom is 0.280 e. The molecule has 0 bridgehead atoms. The van der Waals surface area contributed by atoms with E-state index in [1.807, 2.05) is 30.3 Å². The first-order valence-corrected chi connectivity index (χ1v) is 10.1. The van der Waals surface area contributed by atoms with Crippen LogP contribution in [-0.2, 0) is 11.4 Å². The summed E-state index contributed by atoms with van der Waals surface area (Å²) in [5, 5.41) is 13.6. The molecule has 0 aromatic heterocycles. The van der Waals surface area contributed by atoms with Crippen molar-refractivity contribution in [1.82, 2.24) is 5.43 Å². The van der Waals surface area contributed by atoms with E-state index in [1.165, 1.54) is 12.3 Å². The minimum Gasteiger partial charge on any atom is -0.507 e. The molecular formula is C23H21BrN2O4. The molecule has 0 aliphatic heterocycles. The number of benzene rings is 3. The van der Waals surface area contributed by atoms with Crippen molar-refractivity contribution < 1.29 is 19.4 Å². The van der Waals surface area contributed by atoms with Crippen molar-refractivity contribution in [2.45, 2.75) is 19.6 Å². The molecule has 0 heterocycles. The number of rotatable bonds is 8. The van der Waals surface area contributed by atoms with E-state index in [2.05, 4.69) is 26.5 Å². The Kier molecular flexibility index (Phi) is 7.45. The average molecular weight is 469 g/mol. The van der Waals surface area contributed by atoms with E-state index >= 15 is 0 Å². The van der Waals surface area contributed by atoms with Crippen molar-refractivity contribution in [2.75, 3.05) is 0 Å². The molecule has 154 valence electrons. The summed E-state index contributed by atoms with van der Waals surface area (Å²) >= 11 is 3.31. The summed E-state index contributed by atoms with van der Waals surface area (Å²) in [5.41, 5.74) is 3.96. The van der Waals surface area contributed by atoms with Crippen LogP contribution in [0.5, 0.6) is 17.2 Å². The van der Waals surface area contributed by atoms with Crippen molar-refractivity contribution in [1.29, 1.82) is 0 Å². The zero-order chi connectivity index (χ0) is 21.3. The van der Waals surface area contributed by atoms with Gasteiger partial charge in [-0.15, -0.1) is 0 Å². The van der Waals surface area contributed by atoms with Crippen LogP contribution in [-0.4, -0.2) is 23.3 Å². The summed E-state index contributed by atoms with van der Waals surface area (Å²) in [6.07, 6.45) is 0.609. The van der Waals surface area contributed by atoms with Gasteiger partial charge in [0.15, 0.2) is 6.10 Å². The summed E-state index contributed by atoms with van der Waals surface area (Å²) in [5.74, 6) is 0.903. The van der Waals surface area contributed by atoms with Gasteiger partial charge in [-0.25, -0.2) is 5.43 Å². The first-order chi connectivity index (χ1) is 14.5. The number of aromatic hydroxyl groups is 1. The Morgan fingerprint density at radius 3 is 2.53 bits per heavy atom. The minimum absolute atomic E-state index is 0.0649. The van der Waals surface area contributed by atoms with Crippen molar-refractivity contribution in [3.63, 3.8) is 0 Å². The predicted molar refractivity (Wildman–Crippen MR) is 119 cm³/mol. The van der Waals surface area contributed by atoms with Gasteiger partial charge in [0.1, 0.15) is 23.9 Å². The van der Waals surface area contributed by atoms with E-state index in [0.717, 1.165) is 10.0 Å². The number of amides is 1. The number of hydrazone groups is 1. The monoisotopic (exact) mass is 468 g/mol. The number of nitrogens with one attached hydrogen (secondary N) is 1. The van der Waals surface area contributed by atoms with Gasteiger partial charge in [0.2, 0.25) is 0 Å². The standard InChI is InChI=1S/C23H21BrN2O4/c1-16(23(28)26-25-14-18-13-19(24)7-12-22(18)27)30-21-10-8-20(9-11-21)29-15-17-5-3-2-4-6-17/h2-14,16,27H,15H2,1H3,(H,26,28)/b25-14-/t16-/m1/s1. The fourth-order valence-electron chi connectivity index (χ4n) is 2.50. The number of phenolic OH excluding ortho intramolecular Hbond substituents is 1. The van der Waals surface area contributed by atoms with Gasteiger partial charge >= 0.3 is 0 Å². The first-order valence-electron chi connectivity index (χ1n) is 9.26. The highest BCUT2D eigenvalue weighted by Crippen LogP contribution is 2.21. The molecule has 0 fully saturated rings. The molecule has 7 heteroatoms. The lowest BCUT2D eigenvalue weighted by atomic mass is 10.2. The van der Waals surface area contributed by atoms with Crippen LogP contribution < -0.4 is 14.9 Å². The lowest BCUT2D eigenvalue weighted by Crippen LogP contribution is -2.33. The van der Waals surface area contributed by atoms with Crippen molar-refractivity contribution in [3.05, 3.63) is 88.4 Å². The Hall–Kier alpha value is -3.32. The van der Waals surface area contributed by atoms with Gasteiger partial charge in [-0.05, 0) is 55.0 Å². The highest BCUT2D eigenvalue weighted by molar-refractivity contribution is 9.10. The van der Waals surface area contributed by atoms with Gasteiger partial charge in [0, 0.05) is 10.0 Å². The van der Waals surface area contributed by atoms with Gasteiger partial charge in [0.25, 0.3) is 5.91 Å². The topological polar surface area (TPSA) is 80.2 Å². The third-order valence-electron chi connectivity index (χ3n) is 4.12. The second kappa shape index (κ2) is 10.5. The molecule has 3 rings (SSSR count). The number of nitrogens with zero attached hydrogens (tertiary/aromatic N) is 1. The smallest absolute Gasteiger partial charge is 0.280 e. The number of ether oxygens (including phenoxy) is 2. The second-order valence-corrected chi connectivity index (χ2v) is 7.36. The summed E-state index contributed by atoms with van der Waals surface area (Å²) in [6.45, 7) is 2.10. The van der Waals surface area contributed by atoms with E-state index in [9.17, 15) is 9.90 Å². The molecule has 0 saturated heterocycles. The zero-order valence-corrected chi connectivity index (χ0v) is 17.9. The molecule has 6 nitrogen and oxygen atoms in total. The number of carbonyl (C=O) groups excluding carboxylic acids is 1. The number of hydrogen-bond donors (Lipinski definition) is 2. The molecule has 1 atom stereocenters. The molecule has 30 heavy (non-hydrogen) atoms. The zero-order valence-electron chi connectivity index (χ0n) is 16.3. The van der Waals surface area contributed by atoms with E-state index < -0.39 is 12.0 Å². The molecule has 0 aliphatic carbocycles. The predicted octanol–water partition coefficient (Wildman–Crippen LogP) is 4.65. The SMILES string of the molecule is C[C@@H](Oc1ccc(OCc2ccccc2)cc1)C(=O)N/N=C\c1cc(Br)ccc1O. The molecule has 0 radical (unpaired) electrons. The van der Waals surface area contributed by atoms with E-state index in [4.69, 9.17) is 9.47 Å². The van der Waals surface area contributed by atoms with Gasteiger partial charge in [0.05, 0.1) is 6.21 Å². The lowest BCUT2D eigenvalue weighted by Gasteiger charge is -2.13. The number of phenols is 1. The maximum absolute atomic E-state index is 12.2. The lowest BCUT2D eigenvalue weighted by molar-refractivity contribution is -0.127. The summed E-state index contributed by atoms with van der Waals surface area (Å²) < 4.78 is 12.2. The van der Waals surface area contributed by atoms with E-state index in [0.29, 0.717) is 23.7 Å². The molecule has 2 N–H and O–H groups in total. The number of hydrogen-bond acceptors (Lipinski definition) is 5. The fraction of sp³-hybridized carbons (Fsp3) is 0.130. The van der Waals surface area contributed by atoms with Crippen LogP contribution in [0.3, 0.4) is 0 Å². The van der Waals surface area contributed by atoms with E-state index in [-0.39, 0.29) is 5.75 Å². The normalized spacial score (nSPS) is 11.8. The Bertz CT molecular complexity index is 1010. The van der Waals surface area contributed by atoms with E-state index in [1.54, 1.807) is 43.3 Å². The highest BCUT2D eigenvalue weighted by Gasteiger charge is 2.14. The maximum atomic E-state index is 12.2. The highest BCUT2D eigenvalue weighted by atomic mass is 79.9. The van der Waals surface area contributed by atoms with Crippen LogP contribution in [0.15, 0.2) is 82.4 Å². The molecule has 0 aliphatic rings. The molecule has 0 unspecified atom stereocenters. The molecule has 3 aromatic carbocycles. The molecule has 0 saturated carbocycles. The van der Waals surface area contributed by atoms with Crippen LogP contribution in [0.2, 0.25) is 0 Å². The summed E-state index contributed by atoms with van der Waals surface area (Å²) in [4.78, 5) is 12.2. The second-order valence-electron chi connectivity index (χ2n) is 6.44. The van der Waals surface area contributed by atoms with Crippen molar-refractivity contribution in [2.24, 2.45) is 5.10 Å². The van der Waals surface area contributed by atoms with Crippen LogP contribution in [0, 0.1) is 0 Å². The largest absolute Gasteiger partial charge is 0.507 e. The summed E-state index contributed by atoms with van der Waals surface area (Å²) in [7, 11) is 0. The average Bonchev–Trinajstić information content (AvgIpc) is 2.76. The fourth-order valence-corrected chi connectivity index (χ4v) is 2.88. The summed E-state index contributed by atoms with van der Waals surface area (Å²) in [6, 6.07) is 21.9. The van der Waals surface area contributed by atoms with Gasteiger partial charge in [-0.3, -0.25) is 4.79 Å². The van der Waals surface area contributed by atoms with Gasteiger partial charge in [-0.2, -0.15) is 5.10 Å². The van der Waals surface area contributed by atoms with Crippen LogP contribution >= 0.6 is 15.9 Å². The Morgan fingerprint density at radius 2 is 1.80 bits per heavy atom. The van der Waals surface area contributed by atoms with Crippen molar-refractivity contribution >= 4 is 28.1 Å². The Balaban J connectivity index is 1.48. The molecule has 1 amide bonds. The van der Waals surface area contributed by atoms with Gasteiger partial charge in [-0.1, -0.05) is 46.3 Å². The molecular weight excluding hydrogens is 448 g/mol. The molecule has 0 spiro atoms. The Morgan fingerprint density at radius 1 is 1.10 bits per heavy atom. The third-order valence-corrected chi connectivity index (χ3v) is 4.62. The minimum atomic E-state index is -0.755. The Labute approximate surface area is 183 Å². The van der Waals surface area contributed by atoms with Crippen molar-refractivity contribution in [3.8, 4) is 17.2 Å². The van der Waals surface area contributed by atoms with Crippen LogP contribution in [0.4, 0.5) is 0 Å². The molecule has 3 aromatic rings. The number of halogens is 1.